The van der Waals surface area contributed by atoms with Gasteiger partial charge in [-0.25, -0.2) is 4.98 Å². The number of anilines is 1. The number of carbonyl (C=O) groups is 1. The van der Waals surface area contributed by atoms with Gasteiger partial charge in [0.15, 0.2) is 0 Å². The molecule has 0 aliphatic rings. The predicted octanol–water partition coefficient (Wildman–Crippen LogP) is 5.43. The number of phenolic OH excluding ortho intramolecular Hbond substituents is 1. The van der Waals surface area contributed by atoms with Gasteiger partial charge in [-0.15, -0.1) is 11.8 Å². The Morgan fingerprint density at radius 3 is 2.52 bits per heavy atom. The predicted molar refractivity (Wildman–Crippen MR) is 119 cm³/mol. The van der Waals surface area contributed by atoms with Gasteiger partial charge in [0.2, 0.25) is 0 Å². The monoisotopic (exact) mass is 408 g/mol. The fourth-order valence-electron chi connectivity index (χ4n) is 3.02. The second-order valence-corrected chi connectivity index (χ2v) is 7.68. The van der Waals surface area contributed by atoms with Crippen LogP contribution in [0.25, 0.3) is 22.4 Å². The molecule has 0 aliphatic carbocycles. The zero-order valence-corrected chi connectivity index (χ0v) is 17.3. The minimum absolute atomic E-state index is 0.106. The number of carboxylic acids is 1. The Labute approximate surface area is 174 Å². The molecule has 0 amide bonds. The van der Waals surface area contributed by atoms with E-state index in [4.69, 9.17) is 5.11 Å². The van der Waals surface area contributed by atoms with Crippen LogP contribution < -0.4 is 5.32 Å². The number of aliphatic carboxylic acids is 1. The van der Waals surface area contributed by atoms with Crippen LogP contribution in [0, 0.1) is 6.92 Å². The summed E-state index contributed by atoms with van der Waals surface area (Å²) in [7, 11) is 0. The molecule has 3 aromatic rings. The first kappa shape index (κ1) is 20.7. The van der Waals surface area contributed by atoms with Crippen molar-refractivity contribution in [2.75, 3.05) is 18.1 Å². The van der Waals surface area contributed by atoms with E-state index >= 15 is 0 Å². The van der Waals surface area contributed by atoms with Gasteiger partial charge in [0, 0.05) is 23.4 Å². The number of phenols is 1. The number of hydrogen-bond acceptors (Lipinski definition) is 5. The number of nitrogens with one attached hydrogen (secondary N) is 1. The number of aromatic hydroxyl groups is 1. The second-order valence-electron chi connectivity index (χ2n) is 6.80. The average molecular weight is 409 g/mol. The highest BCUT2D eigenvalue weighted by molar-refractivity contribution is 7.98. The maximum Gasteiger partial charge on any atom is 0.303 e. The summed E-state index contributed by atoms with van der Waals surface area (Å²) in [5, 5.41) is 22.4. The van der Waals surface area contributed by atoms with Crippen LogP contribution >= 0.6 is 11.8 Å². The minimum atomic E-state index is -0.812. The van der Waals surface area contributed by atoms with Gasteiger partial charge >= 0.3 is 5.97 Å². The van der Waals surface area contributed by atoms with Crippen molar-refractivity contribution in [3.05, 3.63) is 60.2 Å². The van der Waals surface area contributed by atoms with E-state index in [0.717, 1.165) is 16.7 Å². The molecule has 5 nitrogen and oxygen atoms in total. The minimum Gasteiger partial charge on any atom is -0.507 e. The fraction of sp³-hybridized carbons (Fsp3) is 0.217. The van der Waals surface area contributed by atoms with Crippen molar-refractivity contribution in [1.82, 2.24) is 4.98 Å². The third kappa shape index (κ3) is 5.51. The summed E-state index contributed by atoms with van der Waals surface area (Å²) in [4.78, 5) is 16.6. The molecule has 0 saturated heterocycles. The van der Waals surface area contributed by atoms with Crippen LogP contribution in [0.3, 0.4) is 0 Å². The molecule has 0 aliphatic heterocycles. The van der Waals surface area contributed by atoms with E-state index in [1.165, 1.54) is 4.90 Å². The highest BCUT2D eigenvalue weighted by Gasteiger charge is 2.11. The molecule has 0 bridgehead atoms. The normalized spacial score (nSPS) is 10.7. The topological polar surface area (TPSA) is 82.5 Å². The lowest BCUT2D eigenvalue weighted by Gasteiger charge is -2.13. The maximum absolute atomic E-state index is 10.7. The average Bonchev–Trinajstić information content (AvgIpc) is 2.72. The number of hydrogen-bond donors (Lipinski definition) is 3. The molecular formula is C23H24N2O3S. The molecule has 0 saturated carbocycles. The molecule has 3 rings (SSSR count). The molecular weight excluding hydrogens is 384 g/mol. The molecule has 0 unspecified atom stereocenters. The molecule has 150 valence electrons. The first-order valence-electron chi connectivity index (χ1n) is 9.38. The lowest BCUT2D eigenvalue weighted by molar-refractivity contribution is -0.137. The van der Waals surface area contributed by atoms with Crippen molar-refractivity contribution in [1.29, 1.82) is 0 Å². The van der Waals surface area contributed by atoms with Crippen LogP contribution in [0.1, 0.15) is 18.4 Å². The standard InChI is InChI=1S/C23H24N2O3S/c1-15-5-10-21(26)19(12-15)20-13-17(16-6-8-18(29-2)9-7-16)14-22(25-20)24-11-3-4-23(27)28/h5-10,12-14,26H,3-4,11H2,1-2H3,(H,24,25)(H,27,28). The van der Waals surface area contributed by atoms with Gasteiger partial charge in [0.25, 0.3) is 0 Å². The van der Waals surface area contributed by atoms with Crippen LogP contribution in [0.5, 0.6) is 5.75 Å². The van der Waals surface area contributed by atoms with Crippen molar-refractivity contribution in [2.24, 2.45) is 0 Å². The van der Waals surface area contributed by atoms with Crippen LogP contribution in [-0.4, -0.2) is 34.0 Å². The summed E-state index contributed by atoms with van der Waals surface area (Å²) in [6.07, 6.45) is 2.66. The molecule has 6 heteroatoms. The van der Waals surface area contributed by atoms with Crippen molar-refractivity contribution >= 4 is 23.5 Å². The first-order chi connectivity index (χ1) is 14.0. The highest BCUT2D eigenvalue weighted by atomic mass is 32.2. The number of pyridine rings is 1. The summed E-state index contributed by atoms with van der Waals surface area (Å²) in [6.45, 7) is 2.48. The smallest absolute Gasteiger partial charge is 0.303 e. The van der Waals surface area contributed by atoms with Gasteiger partial charge < -0.3 is 15.5 Å². The zero-order chi connectivity index (χ0) is 20.8. The van der Waals surface area contributed by atoms with Crippen LogP contribution in [0.4, 0.5) is 5.82 Å². The Morgan fingerprint density at radius 2 is 1.83 bits per heavy atom. The lowest BCUT2D eigenvalue weighted by Crippen LogP contribution is -2.06. The molecule has 0 spiro atoms. The van der Waals surface area contributed by atoms with Gasteiger partial charge in [0.1, 0.15) is 11.6 Å². The largest absolute Gasteiger partial charge is 0.507 e. The van der Waals surface area contributed by atoms with E-state index in [9.17, 15) is 9.90 Å². The van der Waals surface area contributed by atoms with Crippen molar-refractivity contribution < 1.29 is 15.0 Å². The van der Waals surface area contributed by atoms with Gasteiger partial charge in [-0.2, -0.15) is 0 Å². The van der Waals surface area contributed by atoms with Crippen molar-refractivity contribution in [3.8, 4) is 28.1 Å². The highest BCUT2D eigenvalue weighted by Crippen LogP contribution is 2.33. The van der Waals surface area contributed by atoms with Crippen molar-refractivity contribution in [2.45, 2.75) is 24.7 Å². The fourth-order valence-corrected chi connectivity index (χ4v) is 3.43. The van der Waals surface area contributed by atoms with Gasteiger partial charge in [-0.1, -0.05) is 23.8 Å². The van der Waals surface area contributed by atoms with Gasteiger partial charge in [0.05, 0.1) is 5.69 Å². The van der Waals surface area contributed by atoms with E-state index in [0.29, 0.717) is 30.0 Å². The Bertz CT molecular complexity index is 1000. The van der Waals surface area contributed by atoms with Crippen LogP contribution in [0.2, 0.25) is 0 Å². The number of nitrogens with zero attached hydrogens (tertiary/aromatic N) is 1. The van der Waals surface area contributed by atoms with E-state index in [2.05, 4.69) is 34.6 Å². The van der Waals surface area contributed by atoms with E-state index in [1.807, 2.05) is 37.4 Å². The molecule has 1 aromatic heterocycles. The van der Waals surface area contributed by atoms with E-state index in [-0.39, 0.29) is 12.2 Å². The Kier molecular flexibility index (Phi) is 6.77. The zero-order valence-electron chi connectivity index (χ0n) is 16.5. The van der Waals surface area contributed by atoms with E-state index < -0.39 is 5.97 Å². The van der Waals surface area contributed by atoms with Crippen molar-refractivity contribution in [3.63, 3.8) is 0 Å². The Balaban J connectivity index is 1.99. The maximum atomic E-state index is 10.7. The molecule has 3 N–H and O–H groups in total. The lowest BCUT2D eigenvalue weighted by atomic mass is 10.0. The quantitative estimate of drug-likeness (QED) is 0.341. The van der Waals surface area contributed by atoms with Gasteiger partial charge in [-0.3, -0.25) is 4.79 Å². The molecule has 2 aromatic carbocycles. The molecule has 0 radical (unpaired) electrons. The number of aryl methyl sites for hydroxylation is 1. The molecule has 29 heavy (non-hydrogen) atoms. The summed E-state index contributed by atoms with van der Waals surface area (Å²) in [5.41, 5.74) is 4.39. The first-order valence-corrected chi connectivity index (χ1v) is 10.6. The Morgan fingerprint density at radius 1 is 1.07 bits per heavy atom. The molecule has 0 fully saturated rings. The number of thioether (sulfide) groups is 1. The number of rotatable bonds is 8. The SMILES string of the molecule is CSc1ccc(-c2cc(NCCCC(=O)O)nc(-c3cc(C)ccc3O)c2)cc1. The molecule has 1 heterocycles. The van der Waals surface area contributed by atoms with E-state index in [1.54, 1.807) is 17.8 Å². The third-order valence-electron chi connectivity index (χ3n) is 4.55. The summed E-state index contributed by atoms with van der Waals surface area (Å²) in [6, 6.07) is 17.6. The summed E-state index contributed by atoms with van der Waals surface area (Å²) >= 11 is 1.69. The second kappa shape index (κ2) is 9.47. The number of aromatic nitrogens is 1. The molecule has 0 atom stereocenters. The number of benzene rings is 2. The van der Waals surface area contributed by atoms with Crippen LogP contribution in [0.15, 0.2) is 59.5 Å². The summed E-state index contributed by atoms with van der Waals surface area (Å²) < 4.78 is 0. The van der Waals surface area contributed by atoms with Gasteiger partial charge in [-0.05, 0) is 67.1 Å². The third-order valence-corrected chi connectivity index (χ3v) is 5.29. The Hall–Kier alpha value is -2.99. The van der Waals surface area contributed by atoms with Crippen LogP contribution in [-0.2, 0) is 4.79 Å². The number of carboxylic acid groups (broad SMARTS) is 1. The summed E-state index contributed by atoms with van der Waals surface area (Å²) in [5.74, 6) is 0.0142.